The molecule has 3 atom stereocenters. The summed E-state index contributed by atoms with van der Waals surface area (Å²) in [5.41, 5.74) is -0.776. The summed E-state index contributed by atoms with van der Waals surface area (Å²) in [5.74, 6) is -2.07. The number of pyridine rings is 1. The highest BCUT2D eigenvalue weighted by atomic mass is 32.2. The number of ether oxygens (including phenoxy) is 2. The minimum atomic E-state index is -3.96. The summed E-state index contributed by atoms with van der Waals surface area (Å²) >= 11 is 0. The third-order valence-corrected chi connectivity index (χ3v) is 10.3. The average Bonchev–Trinajstić information content (AvgIpc) is 2.86. The fraction of sp³-hybridized carbons (Fsp3) is 0.296. The van der Waals surface area contributed by atoms with Crippen molar-refractivity contribution in [2.45, 2.75) is 41.9 Å². The molecule has 194 valence electrons. The van der Waals surface area contributed by atoms with E-state index < -0.39 is 48.9 Å². The van der Waals surface area contributed by atoms with E-state index in [1.807, 2.05) is 0 Å². The maximum atomic E-state index is 15.5. The molecule has 2 aliphatic rings. The van der Waals surface area contributed by atoms with Gasteiger partial charge in [0.15, 0.2) is 15.7 Å². The number of hydrogen-bond acceptors (Lipinski definition) is 6. The van der Waals surface area contributed by atoms with Crippen LogP contribution in [-0.2, 0) is 20.1 Å². The van der Waals surface area contributed by atoms with Gasteiger partial charge in [-0.25, -0.2) is 26.6 Å². The van der Waals surface area contributed by atoms with Crippen molar-refractivity contribution in [3.8, 4) is 11.6 Å². The van der Waals surface area contributed by atoms with E-state index in [4.69, 9.17) is 9.47 Å². The van der Waals surface area contributed by atoms with Crippen molar-refractivity contribution in [3.63, 3.8) is 0 Å². The first-order valence-corrected chi connectivity index (χ1v) is 13.2. The second kappa shape index (κ2) is 8.88. The molecule has 2 saturated heterocycles. The van der Waals surface area contributed by atoms with Gasteiger partial charge in [0.1, 0.15) is 27.7 Å². The molecule has 0 spiro atoms. The molecule has 3 heterocycles. The van der Waals surface area contributed by atoms with Gasteiger partial charge in [0, 0.05) is 17.5 Å². The van der Waals surface area contributed by atoms with Crippen molar-refractivity contribution in [2.75, 3.05) is 6.61 Å². The lowest BCUT2D eigenvalue weighted by atomic mass is 9.80. The standard InChI is InChI=1S/C27H25F3N2O4S/c1-16-26(2,3)37(33,34)24-14-23(17-6-8-18(28)9-7-17)35-15-27(24,32-16)20-13-19(10-11-21(20)29)36-25-22(30)5-4-12-31-25/h4-13,23-24,32H,1,14-15H2,2-3H3/t23-,24-,27-/m1/s1. The Kier molecular flexibility index (Phi) is 6.07. The molecule has 6 nitrogen and oxygen atoms in total. The van der Waals surface area contributed by atoms with Crippen LogP contribution < -0.4 is 10.1 Å². The average molecular weight is 531 g/mol. The van der Waals surface area contributed by atoms with E-state index in [2.05, 4.69) is 16.9 Å². The maximum Gasteiger partial charge on any atom is 0.255 e. The quantitative estimate of drug-likeness (QED) is 0.492. The zero-order chi connectivity index (χ0) is 26.6. The zero-order valence-corrected chi connectivity index (χ0v) is 21.0. The van der Waals surface area contributed by atoms with Crippen molar-refractivity contribution < 1.29 is 31.1 Å². The Morgan fingerprint density at radius 2 is 1.81 bits per heavy atom. The van der Waals surface area contributed by atoms with Crippen LogP contribution in [0.25, 0.3) is 0 Å². The van der Waals surface area contributed by atoms with E-state index in [0.717, 1.165) is 6.07 Å². The predicted octanol–water partition coefficient (Wildman–Crippen LogP) is 5.33. The van der Waals surface area contributed by atoms with Crippen LogP contribution in [0.3, 0.4) is 0 Å². The highest BCUT2D eigenvalue weighted by molar-refractivity contribution is 7.93. The van der Waals surface area contributed by atoms with Crippen molar-refractivity contribution in [3.05, 3.63) is 102 Å². The van der Waals surface area contributed by atoms with Gasteiger partial charge >= 0.3 is 0 Å². The Morgan fingerprint density at radius 1 is 1.08 bits per heavy atom. The van der Waals surface area contributed by atoms with Crippen LogP contribution in [0.2, 0.25) is 0 Å². The van der Waals surface area contributed by atoms with Crippen molar-refractivity contribution in [1.29, 1.82) is 0 Å². The largest absolute Gasteiger partial charge is 0.436 e. The van der Waals surface area contributed by atoms with Gasteiger partial charge in [0.05, 0.1) is 18.0 Å². The highest BCUT2D eigenvalue weighted by Gasteiger charge is 2.62. The summed E-state index contributed by atoms with van der Waals surface area (Å²) in [5, 5.41) is 2.04. The Morgan fingerprint density at radius 3 is 2.51 bits per heavy atom. The fourth-order valence-electron chi connectivity index (χ4n) is 4.94. The Bertz CT molecular complexity index is 1480. The van der Waals surface area contributed by atoms with Crippen LogP contribution in [-0.4, -0.2) is 30.0 Å². The molecule has 5 rings (SSSR count). The lowest BCUT2D eigenvalue weighted by molar-refractivity contribution is -0.0424. The number of hydrogen-bond donors (Lipinski definition) is 1. The molecule has 0 unspecified atom stereocenters. The number of halogens is 3. The van der Waals surface area contributed by atoms with Gasteiger partial charge in [-0.1, -0.05) is 18.7 Å². The van der Waals surface area contributed by atoms with Gasteiger partial charge in [-0.3, -0.25) is 0 Å². The first-order chi connectivity index (χ1) is 17.5. The molecule has 0 saturated carbocycles. The van der Waals surface area contributed by atoms with E-state index in [0.29, 0.717) is 5.56 Å². The lowest BCUT2D eigenvalue weighted by Crippen LogP contribution is -2.69. The first-order valence-electron chi connectivity index (χ1n) is 11.6. The summed E-state index contributed by atoms with van der Waals surface area (Å²) < 4.78 is 81.4. The molecule has 10 heteroatoms. The molecule has 0 radical (unpaired) electrons. The lowest BCUT2D eigenvalue weighted by Gasteiger charge is -2.54. The normalized spacial score (nSPS) is 26.1. The maximum absolute atomic E-state index is 15.5. The topological polar surface area (TPSA) is 77.5 Å². The molecule has 2 aliphatic heterocycles. The van der Waals surface area contributed by atoms with Gasteiger partial charge in [0.25, 0.3) is 5.88 Å². The third kappa shape index (κ3) is 4.08. The summed E-state index contributed by atoms with van der Waals surface area (Å²) in [4.78, 5) is 3.85. The minimum Gasteiger partial charge on any atom is -0.436 e. The van der Waals surface area contributed by atoms with E-state index in [-0.39, 0.29) is 35.9 Å². The number of nitrogens with one attached hydrogen (secondary N) is 1. The number of fused-ring (bicyclic) bond motifs is 1. The molecule has 3 aromatic rings. The Balaban J connectivity index is 1.61. The van der Waals surface area contributed by atoms with Gasteiger partial charge in [-0.15, -0.1) is 0 Å². The van der Waals surface area contributed by atoms with E-state index in [1.165, 1.54) is 54.7 Å². The smallest absolute Gasteiger partial charge is 0.255 e. The third-order valence-electron chi connectivity index (χ3n) is 7.28. The molecule has 1 aromatic heterocycles. The highest BCUT2D eigenvalue weighted by Crippen LogP contribution is 2.50. The van der Waals surface area contributed by atoms with Crippen molar-refractivity contribution in [1.82, 2.24) is 10.3 Å². The van der Waals surface area contributed by atoms with Gasteiger partial charge in [0.2, 0.25) is 0 Å². The van der Waals surface area contributed by atoms with Crippen LogP contribution in [0, 0.1) is 17.5 Å². The fourth-order valence-corrected chi connectivity index (χ4v) is 7.26. The molecule has 0 aliphatic carbocycles. The molecule has 2 aromatic carbocycles. The van der Waals surface area contributed by atoms with Gasteiger partial charge < -0.3 is 14.8 Å². The van der Waals surface area contributed by atoms with E-state index in [1.54, 1.807) is 13.8 Å². The number of aromatic nitrogens is 1. The molecular formula is C27H25F3N2O4S. The second-order valence-electron chi connectivity index (χ2n) is 9.74. The van der Waals surface area contributed by atoms with Crippen molar-refractivity contribution in [2.24, 2.45) is 0 Å². The van der Waals surface area contributed by atoms with Crippen molar-refractivity contribution >= 4 is 9.84 Å². The molecule has 2 fully saturated rings. The molecule has 37 heavy (non-hydrogen) atoms. The zero-order valence-electron chi connectivity index (χ0n) is 20.2. The second-order valence-corrected chi connectivity index (χ2v) is 12.4. The number of benzene rings is 2. The van der Waals surface area contributed by atoms with E-state index >= 15 is 4.39 Å². The first kappa shape index (κ1) is 25.3. The SMILES string of the molecule is C=C1N[C@@]2(c3cc(Oc4ncccc4F)ccc3F)CO[C@@H](c3ccc(F)cc3)C[C@H]2S(=O)(=O)C1(C)C. The van der Waals surface area contributed by atoms with Gasteiger partial charge in [-0.2, -0.15) is 0 Å². The molecule has 0 amide bonds. The molecule has 1 N–H and O–H groups in total. The number of sulfone groups is 1. The Labute approximate surface area is 213 Å². The number of rotatable bonds is 4. The van der Waals surface area contributed by atoms with Crippen LogP contribution in [0.5, 0.6) is 11.6 Å². The van der Waals surface area contributed by atoms with Gasteiger partial charge in [-0.05, 0) is 68.3 Å². The van der Waals surface area contributed by atoms with Crippen LogP contribution in [0.1, 0.15) is 37.5 Å². The number of nitrogens with zero attached hydrogens (tertiary/aromatic N) is 1. The minimum absolute atomic E-state index is 0.0168. The van der Waals surface area contributed by atoms with Crippen LogP contribution >= 0.6 is 0 Å². The summed E-state index contributed by atoms with van der Waals surface area (Å²) in [6.07, 6.45) is 0.670. The Hall–Kier alpha value is -3.37. The molecule has 0 bridgehead atoms. The molecular weight excluding hydrogens is 505 g/mol. The van der Waals surface area contributed by atoms with Crippen LogP contribution in [0.15, 0.2) is 73.1 Å². The predicted molar refractivity (Wildman–Crippen MR) is 131 cm³/mol. The summed E-state index contributed by atoms with van der Waals surface area (Å²) in [6, 6.07) is 12.0. The summed E-state index contributed by atoms with van der Waals surface area (Å²) in [6.45, 7) is 6.80. The monoisotopic (exact) mass is 530 g/mol. The van der Waals surface area contributed by atoms with E-state index in [9.17, 15) is 17.2 Å². The summed E-state index contributed by atoms with van der Waals surface area (Å²) in [7, 11) is -3.96. The van der Waals surface area contributed by atoms with Crippen LogP contribution in [0.4, 0.5) is 13.2 Å².